The Morgan fingerprint density at radius 2 is 1.71 bits per heavy atom. The minimum Gasteiger partial charge on any atom is -0.488 e. The number of nitrogens with one attached hydrogen (secondary N) is 1. The normalized spacial score (nSPS) is 13.5. The standard InChI is InChI=1S/C21H14F3NO3/c22-21(23,24)16-3-1-2-14-10-15(11-28-19(14)16)18-9-8-17(25-18)12-4-6-13(7-5-12)20(26)27/h1-10,25H,11H2,(H,26,27). The van der Waals surface area contributed by atoms with E-state index in [1.54, 1.807) is 24.3 Å². The van der Waals surface area contributed by atoms with Crippen molar-refractivity contribution in [2.75, 3.05) is 6.61 Å². The lowest BCUT2D eigenvalue weighted by Gasteiger charge is -2.21. The van der Waals surface area contributed by atoms with Gasteiger partial charge in [-0.1, -0.05) is 24.3 Å². The van der Waals surface area contributed by atoms with E-state index >= 15 is 0 Å². The Bertz CT molecular complexity index is 1080. The Hall–Kier alpha value is -3.48. The van der Waals surface area contributed by atoms with E-state index in [9.17, 15) is 18.0 Å². The summed E-state index contributed by atoms with van der Waals surface area (Å²) in [5.41, 5.74) is 2.79. The average molecular weight is 385 g/mol. The molecule has 0 bridgehead atoms. The van der Waals surface area contributed by atoms with Crippen LogP contribution in [0.1, 0.15) is 27.2 Å². The molecule has 2 N–H and O–H groups in total. The molecule has 1 aliphatic rings. The molecule has 2 aromatic carbocycles. The van der Waals surface area contributed by atoms with Crippen molar-refractivity contribution >= 4 is 17.6 Å². The van der Waals surface area contributed by atoms with Gasteiger partial charge in [0.1, 0.15) is 12.4 Å². The van der Waals surface area contributed by atoms with Crippen LogP contribution < -0.4 is 4.74 Å². The van der Waals surface area contributed by atoms with Crippen LogP contribution in [0, 0.1) is 0 Å². The van der Waals surface area contributed by atoms with Crippen LogP contribution in [0.3, 0.4) is 0 Å². The topological polar surface area (TPSA) is 62.3 Å². The van der Waals surface area contributed by atoms with E-state index in [0.29, 0.717) is 5.56 Å². The summed E-state index contributed by atoms with van der Waals surface area (Å²) in [6.07, 6.45) is -2.80. The molecule has 1 aromatic heterocycles. The molecule has 142 valence electrons. The summed E-state index contributed by atoms with van der Waals surface area (Å²) in [6, 6.07) is 14.0. The van der Waals surface area contributed by atoms with Gasteiger partial charge in [0.2, 0.25) is 0 Å². The number of aromatic carboxylic acids is 1. The third-order valence-corrected chi connectivity index (χ3v) is 4.53. The average Bonchev–Trinajstić information content (AvgIpc) is 3.16. The molecule has 0 saturated heterocycles. The highest BCUT2D eigenvalue weighted by molar-refractivity contribution is 5.88. The summed E-state index contributed by atoms with van der Waals surface area (Å²) in [6.45, 7) is 0.0119. The predicted octanol–water partition coefficient (Wildman–Crippen LogP) is 5.33. The Balaban J connectivity index is 1.65. The molecule has 3 aromatic rings. The van der Waals surface area contributed by atoms with E-state index in [4.69, 9.17) is 9.84 Å². The molecule has 4 rings (SSSR count). The number of carbonyl (C=O) groups is 1. The third-order valence-electron chi connectivity index (χ3n) is 4.53. The number of benzene rings is 2. The van der Waals surface area contributed by atoms with Crippen molar-refractivity contribution in [3.8, 4) is 17.0 Å². The summed E-state index contributed by atoms with van der Waals surface area (Å²) >= 11 is 0. The van der Waals surface area contributed by atoms with E-state index in [-0.39, 0.29) is 17.9 Å². The van der Waals surface area contributed by atoms with Gasteiger partial charge in [-0.25, -0.2) is 4.79 Å². The van der Waals surface area contributed by atoms with Gasteiger partial charge in [0.05, 0.1) is 11.1 Å². The highest BCUT2D eigenvalue weighted by Crippen LogP contribution is 2.41. The van der Waals surface area contributed by atoms with E-state index in [2.05, 4.69) is 4.98 Å². The van der Waals surface area contributed by atoms with Gasteiger partial charge in [-0.3, -0.25) is 0 Å². The van der Waals surface area contributed by atoms with Crippen molar-refractivity contribution in [2.45, 2.75) is 6.18 Å². The molecule has 0 radical (unpaired) electrons. The largest absolute Gasteiger partial charge is 0.488 e. The maximum Gasteiger partial charge on any atom is 0.419 e. The zero-order valence-electron chi connectivity index (χ0n) is 14.4. The van der Waals surface area contributed by atoms with Gasteiger partial charge in [-0.05, 0) is 42.0 Å². The number of hydrogen-bond acceptors (Lipinski definition) is 2. The van der Waals surface area contributed by atoms with E-state index < -0.39 is 17.7 Å². The molecule has 0 spiro atoms. The second kappa shape index (κ2) is 6.60. The Morgan fingerprint density at radius 3 is 2.39 bits per heavy atom. The summed E-state index contributed by atoms with van der Waals surface area (Å²) in [5, 5.41) is 8.97. The lowest BCUT2D eigenvalue weighted by Crippen LogP contribution is -2.13. The van der Waals surface area contributed by atoms with Crippen LogP contribution >= 0.6 is 0 Å². The van der Waals surface area contributed by atoms with Crippen LogP contribution in [-0.4, -0.2) is 22.7 Å². The summed E-state index contributed by atoms with van der Waals surface area (Å²) in [5.74, 6) is -1.16. The minimum absolute atomic E-state index is 0.0119. The fraction of sp³-hybridized carbons (Fsp3) is 0.0952. The number of aromatic amines is 1. The number of carboxylic acid groups (broad SMARTS) is 1. The zero-order valence-corrected chi connectivity index (χ0v) is 14.4. The summed E-state index contributed by atoms with van der Waals surface area (Å²) in [4.78, 5) is 14.2. The molecular formula is C21H14F3NO3. The molecule has 0 atom stereocenters. The Kier molecular flexibility index (Phi) is 4.22. The predicted molar refractivity (Wildman–Crippen MR) is 98.0 cm³/mol. The van der Waals surface area contributed by atoms with E-state index in [1.807, 2.05) is 12.1 Å². The molecule has 0 saturated carbocycles. The molecule has 28 heavy (non-hydrogen) atoms. The third kappa shape index (κ3) is 3.26. The fourth-order valence-corrected chi connectivity index (χ4v) is 3.13. The van der Waals surface area contributed by atoms with Gasteiger partial charge in [0.25, 0.3) is 0 Å². The van der Waals surface area contributed by atoms with E-state index in [0.717, 1.165) is 28.6 Å². The first kappa shape index (κ1) is 17.9. The monoisotopic (exact) mass is 385 g/mol. The number of H-pyrrole nitrogens is 1. The molecule has 4 nitrogen and oxygen atoms in total. The van der Waals surface area contributed by atoms with Crippen molar-refractivity contribution in [3.63, 3.8) is 0 Å². The second-order valence-electron chi connectivity index (χ2n) is 6.35. The molecule has 2 heterocycles. The quantitative estimate of drug-likeness (QED) is 0.640. The lowest BCUT2D eigenvalue weighted by atomic mass is 10.0. The van der Waals surface area contributed by atoms with Gasteiger partial charge in [0, 0.05) is 22.5 Å². The first-order valence-corrected chi connectivity index (χ1v) is 8.39. The van der Waals surface area contributed by atoms with Crippen molar-refractivity contribution in [1.29, 1.82) is 0 Å². The number of ether oxygens (including phenoxy) is 1. The van der Waals surface area contributed by atoms with Gasteiger partial charge >= 0.3 is 12.1 Å². The van der Waals surface area contributed by atoms with Crippen molar-refractivity contribution in [1.82, 2.24) is 4.98 Å². The fourth-order valence-electron chi connectivity index (χ4n) is 3.13. The van der Waals surface area contributed by atoms with Gasteiger partial charge < -0.3 is 14.8 Å². The molecule has 0 amide bonds. The number of fused-ring (bicyclic) bond motifs is 1. The number of carboxylic acids is 1. The Morgan fingerprint density at radius 1 is 1.00 bits per heavy atom. The van der Waals surface area contributed by atoms with Crippen LogP contribution in [0.25, 0.3) is 22.9 Å². The lowest BCUT2D eigenvalue weighted by molar-refractivity contribution is -0.138. The van der Waals surface area contributed by atoms with E-state index in [1.165, 1.54) is 18.2 Å². The first-order valence-electron chi connectivity index (χ1n) is 8.39. The second-order valence-corrected chi connectivity index (χ2v) is 6.35. The molecule has 1 aliphatic heterocycles. The van der Waals surface area contributed by atoms with Gasteiger partial charge in [0.15, 0.2) is 0 Å². The number of alkyl halides is 3. The van der Waals surface area contributed by atoms with Gasteiger partial charge in [-0.15, -0.1) is 0 Å². The number of aromatic nitrogens is 1. The molecule has 0 aliphatic carbocycles. The minimum atomic E-state index is -4.47. The van der Waals surface area contributed by atoms with Crippen molar-refractivity contribution in [2.24, 2.45) is 0 Å². The number of hydrogen-bond donors (Lipinski definition) is 2. The molecule has 0 fully saturated rings. The highest BCUT2D eigenvalue weighted by Gasteiger charge is 2.36. The van der Waals surface area contributed by atoms with Crippen LogP contribution in [0.2, 0.25) is 0 Å². The Labute approximate surface area is 157 Å². The van der Waals surface area contributed by atoms with Crippen molar-refractivity contribution < 1.29 is 27.8 Å². The van der Waals surface area contributed by atoms with Crippen LogP contribution in [0.5, 0.6) is 5.75 Å². The van der Waals surface area contributed by atoms with Crippen LogP contribution in [-0.2, 0) is 6.18 Å². The first-order chi connectivity index (χ1) is 13.3. The molecule has 7 heteroatoms. The number of halogens is 3. The highest BCUT2D eigenvalue weighted by atomic mass is 19.4. The van der Waals surface area contributed by atoms with Crippen LogP contribution in [0.15, 0.2) is 54.6 Å². The summed E-state index contributed by atoms with van der Waals surface area (Å²) in [7, 11) is 0. The smallest absolute Gasteiger partial charge is 0.419 e. The zero-order chi connectivity index (χ0) is 19.9. The summed E-state index contributed by atoms with van der Waals surface area (Å²) < 4.78 is 44.8. The van der Waals surface area contributed by atoms with Crippen molar-refractivity contribution in [3.05, 3.63) is 77.0 Å². The van der Waals surface area contributed by atoms with Crippen LogP contribution in [0.4, 0.5) is 13.2 Å². The SMILES string of the molecule is O=C(O)c1ccc(-c2ccc(C3=Cc4cccc(C(F)(F)F)c4OC3)[nH]2)cc1. The molecular weight excluding hydrogens is 371 g/mol. The number of rotatable bonds is 3. The maximum atomic E-state index is 13.1. The van der Waals surface area contributed by atoms with Gasteiger partial charge in [-0.2, -0.15) is 13.2 Å². The maximum absolute atomic E-state index is 13.1. The molecule has 0 unspecified atom stereocenters. The number of para-hydroxylation sites is 1.